The first-order chi connectivity index (χ1) is 7.90. The van der Waals surface area contributed by atoms with Gasteiger partial charge in [-0.1, -0.05) is 18.2 Å². The predicted octanol–water partition coefficient (Wildman–Crippen LogP) is -2.58. The monoisotopic (exact) mass is 236 g/mol. The van der Waals surface area contributed by atoms with Gasteiger partial charge in [-0.3, -0.25) is 9.59 Å². The molecule has 0 fully saturated rings. The number of benzene rings is 1. The smallest absolute Gasteiger partial charge is 0.423 e. The molecule has 0 saturated heterocycles. The van der Waals surface area contributed by atoms with Gasteiger partial charge in [-0.05, 0) is 16.6 Å². The minimum atomic E-state index is -1.72. The summed E-state index contributed by atoms with van der Waals surface area (Å²) in [4.78, 5) is 21.5. The van der Waals surface area contributed by atoms with Crippen LogP contribution in [0.25, 0.3) is 0 Å². The molecule has 1 rings (SSSR count). The topological polar surface area (TPSA) is 127 Å². The molecule has 1 aromatic carbocycles. The summed E-state index contributed by atoms with van der Waals surface area (Å²) in [7, 11) is -1.72. The van der Waals surface area contributed by atoms with Crippen molar-refractivity contribution < 1.29 is 19.6 Å². The Morgan fingerprint density at radius 3 is 2.18 bits per heavy atom. The SMILES string of the molecule is NC(=O)Cc1ccc(CC(N)=O)c(B(O)O)c1. The number of hydrogen-bond acceptors (Lipinski definition) is 4. The molecule has 0 bridgehead atoms. The van der Waals surface area contributed by atoms with Crippen LogP contribution in [0.5, 0.6) is 0 Å². The Morgan fingerprint density at radius 2 is 1.71 bits per heavy atom. The van der Waals surface area contributed by atoms with Crippen molar-refractivity contribution >= 4 is 24.4 Å². The first-order valence-electron chi connectivity index (χ1n) is 4.94. The van der Waals surface area contributed by atoms with Crippen LogP contribution in [0.1, 0.15) is 11.1 Å². The van der Waals surface area contributed by atoms with Crippen molar-refractivity contribution in [3.05, 3.63) is 29.3 Å². The number of primary amides is 2. The molecule has 0 heterocycles. The summed E-state index contributed by atoms with van der Waals surface area (Å²) >= 11 is 0. The van der Waals surface area contributed by atoms with E-state index in [1.165, 1.54) is 12.1 Å². The van der Waals surface area contributed by atoms with Gasteiger partial charge < -0.3 is 21.5 Å². The Balaban J connectivity index is 3.07. The largest absolute Gasteiger partial charge is 0.488 e. The van der Waals surface area contributed by atoms with Crippen LogP contribution in [-0.4, -0.2) is 29.0 Å². The van der Waals surface area contributed by atoms with E-state index in [1.54, 1.807) is 6.07 Å². The van der Waals surface area contributed by atoms with Crippen molar-refractivity contribution in [3.8, 4) is 0 Å². The molecule has 0 aliphatic heterocycles. The summed E-state index contributed by atoms with van der Waals surface area (Å²) < 4.78 is 0. The van der Waals surface area contributed by atoms with Crippen LogP contribution < -0.4 is 16.9 Å². The molecule has 0 aliphatic carbocycles. The maximum absolute atomic E-state index is 10.8. The van der Waals surface area contributed by atoms with Crippen molar-refractivity contribution in [2.45, 2.75) is 12.8 Å². The molecule has 0 aliphatic rings. The average molecular weight is 236 g/mol. The second kappa shape index (κ2) is 5.47. The third kappa shape index (κ3) is 3.89. The fourth-order valence-electron chi connectivity index (χ4n) is 1.54. The van der Waals surface area contributed by atoms with Crippen LogP contribution in [-0.2, 0) is 22.4 Å². The number of carbonyl (C=O) groups is 2. The third-order valence-corrected chi connectivity index (χ3v) is 2.23. The zero-order valence-electron chi connectivity index (χ0n) is 9.09. The minimum absolute atomic E-state index is 0.00340. The number of rotatable bonds is 5. The standard InChI is InChI=1S/C10H13BN2O4/c12-9(14)4-6-1-2-7(5-10(13)15)8(3-6)11(16)17/h1-3,16-17H,4-5H2,(H2,12,14)(H2,13,15). The summed E-state index contributed by atoms with van der Waals surface area (Å²) in [5, 5.41) is 18.3. The lowest BCUT2D eigenvalue weighted by Gasteiger charge is -2.09. The lowest BCUT2D eigenvalue weighted by Crippen LogP contribution is -2.35. The minimum Gasteiger partial charge on any atom is -0.423 e. The molecule has 1 aromatic rings. The molecule has 0 saturated carbocycles. The Labute approximate surface area is 98.4 Å². The van der Waals surface area contributed by atoms with E-state index < -0.39 is 18.9 Å². The molecule has 2 amide bonds. The first-order valence-corrected chi connectivity index (χ1v) is 4.94. The molecule has 0 aromatic heterocycles. The molecule has 0 atom stereocenters. The van der Waals surface area contributed by atoms with Crippen LogP contribution in [0, 0.1) is 0 Å². The summed E-state index contributed by atoms with van der Waals surface area (Å²) in [5.41, 5.74) is 11.2. The predicted molar refractivity (Wildman–Crippen MR) is 62.1 cm³/mol. The van der Waals surface area contributed by atoms with E-state index in [4.69, 9.17) is 21.5 Å². The van der Waals surface area contributed by atoms with E-state index in [9.17, 15) is 9.59 Å². The molecule has 7 heteroatoms. The zero-order valence-corrected chi connectivity index (χ0v) is 9.09. The maximum Gasteiger partial charge on any atom is 0.488 e. The quantitative estimate of drug-likeness (QED) is 0.419. The summed E-state index contributed by atoms with van der Waals surface area (Å²) in [5.74, 6) is -1.10. The van der Waals surface area contributed by atoms with Gasteiger partial charge in [0.05, 0.1) is 12.8 Å². The molecule has 0 radical (unpaired) electrons. The lowest BCUT2D eigenvalue weighted by atomic mass is 9.75. The van der Waals surface area contributed by atoms with Crippen molar-refractivity contribution in [1.29, 1.82) is 0 Å². The highest BCUT2D eigenvalue weighted by atomic mass is 16.4. The normalized spacial score (nSPS) is 10.0. The van der Waals surface area contributed by atoms with Crippen LogP contribution in [0.3, 0.4) is 0 Å². The number of nitrogens with two attached hydrogens (primary N) is 2. The van der Waals surface area contributed by atoms with Gasteiger partial charge in [-0.15, -0.1) is 0 Å². The average Bonchev–Trinajstić information content (AvgIpc) is 2.18. The van der Waals surface area contributed by atoms with Crippen LogP contribution in [0.4, 0.5) is 0 Å². The number of hydrogen-bond donors (Lipinski definition) is 4. The highest BCUT2D eigenvalue weighted by molar-refractivity contribution is 6.59. The second-order valence-corrected chi connectivity index (χ2v) is 3.69. The Morgan fingerprint density at radius 1 is 1.12 bits per heavy atom. The van der Waals surface area contributed by atoms with E-state index in [2.05, 4.69) is 0 Å². The molecule has 6 nitrogen and oxygen atoms in total. The fraction of sp³-hybridized carbons (Fsp3) is 0.200. The van der Waals surface area contributed by atoms with Gasteiger partial charge in [0.2, 0.25) is 11.8 Å². The Bertz CT molecular complexity index is 448. The molecule has 17 heavy (non-hydrogen) atoms. The van der Waals surface area contributed by atoms with Gasteiger partial charge in [-0.2, -0.15) is 0 Å². The van der Waals surface area contributed by atoms with Crippen LogP contribution in [0.15, 0.2) is 18.2 Å². The zero-order chi connectivity index (χ0) is 13.0. The summed E-state index contributed by atoms with van der Waals surface area (Å²) in [6.45, 7) is 0. The first kappa shape index (κ1) is 13.2. The Hall–Kier alpha value is -1.86. The van der Waals surface area contributed by atoms with Crippen molar-refractivity contribution in [3.63, 3.8) is 0 Å². The van der Waals surface area contributed by atoms with Gasteiger partial charge >= 0.3 is 7.12 Å². The van der Waals surface area contributed by atoms with E-state index in [1.807, 2.05) is 0 Å². The summed E-state index contributed by atoms with van der Waals surface area (Å²) in [6, 6.07) is 4.54. The van der Waals surface area contributed by atoms with Crippen molar-refractivity contribution in [2.24, 2.45) is 11.5 Å². The Kier molecular flexibility index (Phi) is 4.25. The van der Waals surface area contributed by atoms with E-state index in [0.717, 1.165) is 0 Å². The number of carbonyl (C=O) groups excluding carboxylic acids is 2. The second-order valence-electron chi connectivity index (χ2n) is 3.69. The molecular weight excluding hydrogens is 223 g/mol. The fourth-order valence-corrected chi connectivity index (χ4v) is 1.54. The van der Waals surface area contributed by atoms with Crippen molar-refractivity contribution in [2.75, 3.05) is 0 Å². The molecule has 0 unspecified atom stereocenters. The third-order valence-electron chi connectivity index (χ3n) is 2.23. The van der Waals surface area contributed by atoms with Crippen molar-refractivity contribution in [1.82, 2.24) is 0 Å². The molecular formula is C10H13BN2O4. The van der Waals surface area contributed by atoms with Crippen LogP contribution >= 0.6 is 0 Å². The highest BCUT2D eigenvalue weighted by Crippen LogP contribution is 2.04. The van der Waals surface area contributed by atoms with Gasteiger partial charge in [0.25, 0.3) is 0 Å². The van der Waals surface area contributed by atoms with Gasteiger partial charge in [0.15, 0.2) is 0 Å². The summed E-state index contributed by atoms with van der Waals surface area (Å²) in [6.07, 6.45) is -0.0968. The van der Waals surface area contributed by atoms with E-state index in [0.29, 0.717) is 11.1 Å². The van der Waals surface area contributed by atoms with Gasteiger partial charge in [-0.25, -0.2) is 0 Å². The highest BCUT2D eigenvalue weighted by Gasteiger charge is 2.18. The molecule has 0 spiro atoms. The maximum atomic E-state index is 10.8. The molecule has 6 N–H and O–H groups in total. The number of amides is 2. The molecule has 90 valence electrons. The van der Waals surface area contributed by atoms with Crippen LogP contribution in [0.2, 0.25) is 0 Å². The van der Waals surface area contributed by atoms with E-state index in [-0.39, 0.29) is 18.3 Å². The van der Waals surface area contributed by atoms with E-state index >= 15 is 0 Å². The van der Waals surface area contributed by atoms with Gasteiger partial charge in [0.1, 0.15) is 0 Å². The van der Waals surface area contributed by atoms with Gasteiger partial charge in [0, 0.05) is 0 Å². The lowest BCUT2D eigenvalue weighted by molar-refractivity contribution is -0.118.